The summed E-state index contributed by atoms with van der Waals surface area (Å²) in [5.74, 6) is 0.224. The molecule has 2 atom stereocenters. The average molecular weight is 774 g/mol. The normalized spacial score (nSPS) is 27.2. The molecule has 13 nitrogen and oxygen atoms in total. The Hall–Kier alpha value is -4.07. The summed E-state index contributed by atoms with van der Waals surface area (Å²) in [7, 11) is 0. The van der Waals surface area contributed by atoms with Crippen molar-refractivity contribution in [2.24, 2.45) is 22.7 Å². The minimum absolute atomic E-state index is 0.0125. The summed E-state index contributed by atoms with van der Waals surface area (Å²) in [6.07, 6.45) is 8.33. The van der Waals surface area contributed by atoms with E-state index in [1.807, 2.05) is 34.1 Å². The first-order valence-corrected chi connectivity index (χ1v) is 20.6. The van der Waals surface area contributed by atoms with E-state index in [1.165, 1.54) is 12.8 Å². The van der Waals surface area contributed by atoms with Gasteiger partial charge in [-0.15, -0.1) is 0 Å². The van der Waals surface area contributed by atoms with Crippen molar-refractivity contribution in [1.29, 1.82) is 0 Å². The van der Waals surface area contributed by atoms with Gasteiger partial charge in [-0.2, -0.15) is 0 Å². The van der Waals surface area contributed by atoms with Crippen LogP contribution in [-0.4, -0.2) is 109 Å². The molecule has 0 bridgehead atoms. The molecular weight excluding hydrogens is 718 g/mol. The molecular formula is C41H56ClN9O4. The SMILES string of the molecule is Nc1cc(C2CC3(C2)CC3C(=O)NCC(=O)N2CCN(Cc3cc(Cl)ccc3N)CC2)c(N)cc1CN1CCN(C(=O)CNC(=O)C2CC23CCCC3)CC1. The van der Waals surface area contributed by atoms with Crippen LogP contribution in [-0.2, 0) is 32.3 Å². The Kier molecular flexibility index (Phi) is 10.4. The molecule has 296 valence electrons. The first-order chi connectivity index (χ1) is 26.4. The van der Waals surface area contributed by atoms with E-state index in [-0.39, 0.29) is 65.3 Å². The van der Waals surface area contributed by atoms with Crippen molar-refractivity contribution in [3.8, 4) is 0 Å². The molecule has 2 saturated heterocycles. The van der Waals surface area contributed by atoms with Crippen LogP contribution in [0.15, 0.2) is 30.3 Å². The molecule has 6 fully saturated rings. The van der Waals surface area contributed by atoms with E-state index >= 15 is 0 Å². The van der Waals surface area contributed by atoms with Crippen LogP contribution in [0.4, 0.5) is 17.1 Å². The standard InChI is InChI=1S/C41H56ClN9O4/c42-29-3-4-33(43)26(15-29)24-48-7-11-50(12-8-48)37(53)23-47-39(55)32-21-41(32)18-28(19-41)30-17-34(44)27(16-35(30)45)25-49-9-13-51(14-10-49)36(52)22-46-38(54)31-20-40(31)5-1-2-6-40/h3-4,15-17,28,31-32H,1-2,5-14,18-25,43-45H2,(H,46,54)(H,47,55). The predicted octanol–water partition coefficient (Wildman–Crippen LogP) is 2.77. The number of carbonyl (C=O) groups excluding carboxylic acids is 4. The highest BCUT2D eigenvalue weighted by atomic mass is 35.5. The Morgan fingerprint density at radius 3 is 1.71 bits per heavy atom. The third-order valence-corrected chi connectivity index (χ3v) is 14.1. The van der Waals surface area contributed by atoms with Gasteiger partial charge in [0.15, 0.2) is 0 Å². The van der Waals surface area contributed by atoms with Crippen molar-refractivity contribution in [3.05, 3.63) is 52.0 Å². The number of nitrogens with one attached hydrogen (secondary N) is 2. The van der Waals surface area contributed by atoms with Gasteiger partial charge in [0.25, 0.3) is 0 Å². The highest BCUT2D eigenvalue weighted by Crippen LogP contribution is 2.70. The fourth-order valence-corrected chi connectivity index (χ4v) is 10.3. The molecule has 4 saturated carbocycles. The molecule has 2 spiro atoms. The molecule has 4 amide bonds. The predicted molar refractivity (Wildman–Crippen MR) is 212 cm³/mol. The van der Waals surface area contributed by atoms with Crippen molar-refractivity contribution < 1.29 is 19.2 Å². The zero-order valence-electron chi connectivity index (χ0n) is 31.8. The Morgan fingerprint density at radius 1 is 0.636 bits per heavy atom. The lowest BCUT2D eigenvalue weighted by Gasteiger charge is -2.38. The Labute approximate surface area is 328 Å². The van der Waals surface area contributed by atoms with E-state index in [9.17, 15) is 19.2 Å². The number of piperazine rings is 2. The second kappa shape index (κ2) is 15.1. The lowest BCUT2D eigenvalue weighted by atomic mass is 9.67. The van der Waals surface area contributed by atoms with Gasteiger partial charge in [-0.25, -0.2) is 0 Å². The number of amides is 4. The molecule has 2 aromatic rings. The fraction of sp³-hybridized carbons (Fsp3) is 0.610. The number of carbonyl (C=O) groups is 4. The number of nitrogen functional groups attached to an aromatic ring is 3. The monoisotopic (exact) mass is 773 g/mol. The second-order valence-corrected chi connectivity index (χ2v) is 17.8. The Bertz CT molecular complexity index is 1830. The first kappa shape index (κ1) is 37.8. The maximum absolute atomic E-state index is 13.1. The molecule has 14 heteroatoms. The van der Waals surface area contributed by atoms with Crippen LogP contribution in [0.25, 0.3) is 0 Å². The van der Waals surface area contributed by atoms with Gasteiger partial charge >= 0.3 is 0 Å². The number of hydrogen-bond acceptors (Lipinski definition) is 9. The number of anilines is 3. The third-order valence-electron chi connectivity index (χ3n) is 13.9. The number of nitrogens with zero attached hydrogens (tertiary/aromatic N) is 4. The van der Waals surface area contributed by atoms with Gasteiger partial charge in [-0.05, 0) is 102 Å². The van der Waals surface area contributed by atoms with Crippen molar-refractivity contribution in [2.45, 2.75) is 70.4 Å². The van der Waals surface area contributed by atoms with Crippen LogP contribution in [0.2, 0.25) is 5.02 Å². The molecule has 55 heavy (non-hydrogen) atoms. The van der Waals surface area contributed by atoms with Gasteiger partial charge in [0.2, 0.25) is 23.6 Å². The highest BCUT2D eigenvalue weighted by molar-refractivity contribution is 6.30. The van der Waals surface area contributed by atoms with Crippen molar-refractivity contribution in [3.63, 3.8) is 0 Å². The summed E-state index contributed by atoms with van der Waals surface area (Å²) in [5.41, 5.74) is 24.7. The van der Waals surface area contributed by atoms with E-state index in [2.05, 4.69) is 20.4 Å². The van der Waals surface area contributed by atoms with Crippen LogP contribution >= 0.6 is 11.6 Å². The van der Waals surface area contributed by atoms with Gasteiger partial charge in [-0.1, -0.05) is 24.4 Å². The summed E-state index contributed by atoms with van der Waals surface area (Å²) < 4.78 is 0. The summed E-state index contributed by atoms with van der Waals surface area (Å²) in [6.45, 7) is 6.79. The molecule has 8 N–H and O–H groups in total. The largest absolute Gasteiger partial charge is 0.398 e. The lowest BCUT2D eigenvalue weighted by molar-refractivity contribution is -0.135. The second-order valence-electron chi connectivity index (χ2n) is 17.3. The number of nitrogens with two attached hydrogens (primary N) is 3. The summed E-state index contributed by atoms with van der Waals surface area (Å²) in [6, 6.07) is 9.50. The molecule has 4 aliphatic carbocycles. The number of benzene rings is 2. The zero-order chi connectivity index (χ0) is 38.5. The van der Waals surface area contributed by atoms with Crippen molar-refractivity contribution >= 4 is 52.3 Å². The van der Waals surface area contributed by atoms with Crippen LogP contribution in [0.1, 0.15) is 74.0 Å². The fourth-order valence-electron chi connectivity index (χ4n) is 10.1. The van der Waals surface area contributed by atoms with E-state index in [0.717, 1.165) is 87.1 Å². The maximum Gasteiger partial charge on any atom is 0.242 e. The Balaban J connectivity index is 0.733. The van der Waals surface area contributed by atoms with Crippen LogP contribution in [0.5, 0.6) is 0 Å². The van der Waals surface area contributed by atoms with Crippen molar-refractivity contribution in [2.75, 3.05) is 82.6 Å². The average Bonchev–Trinajstić information content (AvgIpc) is 4.03. The van der Waals surface area contributed by atoms with Crippen LogP contribution in [0.3, 0.4) is 0 Å². The molecule has 8 rings (SSSR count). The summed E-state index contributed by atoms with van der Waals surface area (Å²) in [5, 5.41) is 6.49. The maximum atomic E-state index is 13.1. The van der Waals surface area contributed by atoms with Gasteiger partial charge in [0.05, 0.1) is 13.1 Å². The minimum Gasteiger partial charge on any atom is -0.398 e. The van der Waals surface area contributed by atoms with E-state index in [1.54, 1.807) is 6.07 Å². The topological polar surface area (TPSA) is 183 Å². The number of halogens is 1. The Morgan fingerprint density at radius 2 is 1.15 bits per heavy atom. The van der Waals surface area contributed by atoms with Crippen LogP contribution < -0.4 is 27.8 Å². The lowest BCUT2D eigenvalue weighted by Crippen LogP contribution is -2.51. The molecule has 2 aliphatic heterocycles. The van der Waals surface area contributed by atoms with Gasteiger partial charge < -0.3 is 37.6 Å². The van der Waals surface area contributed by atoms with Crippen molar-refractivity contribution in [1.82, 2.24) is 30.2 Å². The quantitative estimate of drug-likeness (QED) is 0.215. The molecule has 0 radical (unpaired) electrons. The highest BCUT2D eigenvalue weighted by Gasteiger charge is 2.64. The molecule has 6 aliphatic rings. The number of rotatable bonds is 11. The van der Waals surface area contributed by atoms with Gasteiger partial charge in [0.1, 0.15) is 0 Å². The molecule has 2 aromatic carbocycles. The minimum atomic E-state index is -0.0709. The van der Waals surface area contributed by atoms with Crippen LogP contribution in [0, 0.1) is 22.7 Å². The third kappa shape index (κ3) is 7.97. The first-order valence-electron chi connectivity index (χ1n) is 20.2. The summed E-state index contributed by atoms with van der Waals surface area (Å²) >= 11 is 6.15. The van der Waals surface area contributed by atoms with Gasteiger partial charge in [-0.3, -0.25) is 29.0 Å². The molecule has 0 aromatic heterocycles. The van der Waals surface area contributed by atoms with E-state index in [0.29, 0.717) is 55.7 Å². The number of hydrogen-bond donors (Lipinski definition) is 5. The van der Waals surface area contributed by atoms with Gasteiger partial charge in [0, 0.05) is 99.4 Å². The van der Waals surface area contributed by atoms with E-state index in [4.69, 9.17) is 28.8 Å². The zero-order valence-corrected chi connectivity index (χ0v) is 32.5. The smallest absolute Gasteiger partial charge is 0.242 e. The summed E-state index contributed by atoms with van der Waals surface area (Å²) in [4.78, 5) is 59.8. The van der Waals surface area contributed by atoms with E-state index < -0.39 is 0 Å². The molecule has 2 heterocycles. The molecule has 2 unspecified atom stereocenters.